The van der Waals surface area contributed by atoms with E-state index in [1.807, 2.05) is 12.1 Å². The molecule has 1 fully saturated rings. The summed E-state index contributed by atoms with van der Waals surface area (Å²) in [6, 6.07) is 7.32. The molecule has 1 nitrogen and oxygen atoms in total. The number of fused-ring (bicyclic) bond motifs is 1. The minimum absolute atomic E-state index is 0.0443. The average Bonchev–Trinajstić information content (AvgIpc) is 2.65. The summed E-state index contributed by atoms with van der Waals surface area (Å²) in [5.74, 6) is -0.659. The van der Waals surface area contributed by atoms with Gasteiger partial charge in [-0.3, -0.25) is 0 Å². The molecule has 2 aromatic carbocycles. The summed E-state index contributed by atoms with van der Waals surface area (Å²) in [6.45, 7) is 2.19. The van der Waals surface area contributed by atoms with Crippen molar-refractivity contribution in [3.63, 3.8) is 0 Å². The van der Waals surface area contributed by atoms with Crippen LogP contribution in [0.25, 0.3) is 10.8 Å². The van der Waals surface area contributed by atoms with Crippen molar-refractivity contribution in [1.29, 1.82) is 0 Å². The van der Waals surface area contributed by atoms with E-state index in [-0.39, 0.29) is 5.75 Å². The normalized spacial score (nSPS) is 21.1. The minimum atomic E-state index is -0.906. The van der Waals surface area contributed by atoms with Crippen LogP contribution in [0.4, 0.5) is 8.78 Å². The Kier molecular flexibility index (Phi) is 5.72. The maximum atomic E-state index is 14.4. The standard InChI is InChI=1S/C22H26F2O/c1-3-4-5-6-15-7-9-16(10-8-15)17-11-12-18-14-20(25-2)22(24)21(23)19(18)13-17/h5-6,11-16H,3-4,7-10H2,1-2H3/b6-5+. The summed E-state index contributed by atoms with van der Waals surface area (Å²) < 4.78 is 33.3. The van der Waals surface area contributed by atoms with Gasteiger partial charge in [0.1, 0.15) is 0 Å². The van der Waals surface area contributed by atoms with Crippen LogP contribution in [-0.2, 0) is 0 Å². The highest BCUT2D eigenvalue weighted by molar-refractivity contribution is 5.85. The first-order valence-electron chi connectivity index (χ1n) is 9.26. The lowest BCUT2D eigenvalue weighted by Crippen LogP contribution is -2.11. The monoisotopic (exact) mass is 344 g/mol. The molecule has 0 radical (unpaired) electrons. The molecule has 0 unspecified atom stereocenters. The molecule has 0 bridgehead atoms. The molecular weight excluding hydrogens is 318 g/mol. The molecule has 3 heteroatoms. The van der Waals surface area contributed by atoms with E-state index in [9.17, 15) is 8.78 Å². The first-order valence-corrected chi connectivity index (χ1v) is 9.26. The van der Waals surface area contributed by atoms with Crippen LogP contribution in [-0.4, -0.2) is 7.11 Å². The molecule has 0 spiro atoms. The second kappa shape index (κ2) is 7.99. The number of rotatable bonds is 5. The summed E-state index contributed by atoms with van der Waals surface area (Å²) in [6.07, 6.45) is 11.5. The van der Waals surface area contributed by atoms with E-state index < -0.39 is 11.6 Å². The van der Waals surface area contributed by atoms with Crippen LogP contribution in [0, 0.1) is 17.6 Å². The number of hydrogen-bond donors (Lipinski definition) is 0. The smallest absolute Gasteiger partial charge is 0.201 e. The predicted octanol–water partition coefficient (Wildman–Crippen LogP) is 6.76. The van der Waals surface area contributed by atoms with Gasteiger partial charge < -0.3 is 4.74 Å². The number of benzene rings is 2. The molecule has 25 heavy (non-hydrogen) atoms. The summed E-state index contributed by atoms with van der Waals surface area (Å²) in [7, 11) is 1.35. The third-order valence-electron chi connectivity index (χ3n) is 5.34. The maximum absolute atomic E-state index is 14.4. The summed E-state index contributed by atoms with van der Waals surface area (Å²) >= 11 is 0. The molecule has 0 saturated heterocycles. The van der Waals surface area contributed by atoms with Gasteiger partial charge in [-0.25, -0.2) is 4.39 Å². The SMILES string of the molecule is CCC/C=C/C1CCC(c2ccc3cc(OC)c(F)c(F)c3c2)CC1. The van der Waals surface area contributed by atoms with Crippen molar-refractivity contribution >= 4 is 10.8 Å². The van der Waals surface area contributed by atoms with Crippen LogP contribution in [0.2, 0.25) is 0 Å². The number of ether oxygens (including phenoxy) is 1. The van der Waals surface area contributed by atoms with E-state index in [2.05, 4.69) is 25.1 Å². The number of halogens is 2. The minimum Gasteiger partial charge on any atom is -0.494 e. The zero-order valence-electron chi connectivity index (χ0n) is 15.0. The Morgan fingerprint density at radius 2 is 1.84 bits per heavy atom. The Morgan fingerprint density at radius 1 is 1.08 bits per heavy atom. The second-order valence-electron chi connectivity index (χ2n) is 7.02. The Balaban J connectivity index is 1.78. The molecule has 2 aromatic rings. The van der Waals surface area contributed by atoms with Crippen LogP contribution in [0.5, 0.6) is 5.75 Å². The van der Waals surface area contributed by atoms with Crippen molar-refractivity contribution in [2.45, 2.75) is 51.4 Å². The van der Waals surface area contributed by atoms with E-state index in [1.165, 1.54) is 26.4 Å². The predicted molar refractivity (Wildman–Crippen MR) is 99.2 cm³/mol. The van der Waals surface area contributed by atoms with E-state index >= 15 is 0 Å². The molecule has 3 rings (SSSR count). The molecule has 0 amide bonds. The lowest BCUT2D eigenvalue weighted by Gasteiger charge is -2.27. The van der Waals surface area contributed by atoms with Crippen molar-refractivity contribution in [3.05, 3.63) is 53.6 Å². The second-order valence-corrected chi connectivity index (χ2v) is 7.02. The zero-order chi connectivity index (χ0) is 17.8. The molecular formula is C22H26F2O. The van der Waals surface area contributed by atoms with Crippen LogP contribution in [0.15, 0.2) is 36.4 Å². The first-order chi connectivity index (χ1) is 12.1. The molecule has 0 aromatic heterocycles. The molecule has 0 aliphatic heterocycles. The Labute approximate surface area is 148 Å². The number of unbranched alkanes of at least 4 members (excludes halogenated alkanes) is 1. The molecule has 0 atom stereocenters. The van der Waals surface area contributed by atoms with E-state index in [0.29, 0.717) is 22.6 Å². The van der Waals surface area contributed by atoms with Gasteiger partial charge in [-0.15, -0.1) is 0 Å². The lowest BCUT2D eigenvalue weighted by molar-refractivity contribution is 0.373. The molecule has 134 valence electrons. The Hall–Kier alpha value is -1.90. The van der Waals surface area contributed by atoms with Gasteiger partial charge in [-0.2, -0.15) is 4.39 Å². The Bertz CT molecular complexity index is 758. The van der Waals surface area contributed by atoms with E-state index in [4.69, 9.17) is 4.74 Å². The molecule has 0 N–H and O–H groups in total. The topological polar surface area (TPSA) is 9.23 Å². The zero-order valence-corrected chi connectivity index (χ0v) is 15.0. The molecule has 1 saturated carbocycles. The van der Waals surface area contributed by atoms with Gasteiger partial charge in [0.2, 0.25) is 5.82 Å². The van der Waals surface area contributed by atoms with Crippen molar-refractivity contribution in [3.8, 4) is 5.75 Å². The fourth-order valence-corrected chi connectivity index (χ4v) is 3.82. The molecule has 1 aliphatic rings. The lowest BCUT2D eigenvalue weighted by atomic mass is 9.78. The quantitative estimate of drug-likeness (QED) is 0.545. The van der Waals surface area contributed by atoms with Gasteiger partial charge in [-0.1, -0.05) is 37.6 Å². The molecule has 1 aliphatic carbocycles. The van der Waals surface area contributed by atoms with Crippen LogP contribution >= 0.6 is 0 Å². The van der Waals surface area contributed by atoms with Crippen molar-refractivity contribution in [2.75, 3.05) is 7.11 Å². The highest BCUT2D eigenvalue weighted by Crippen LogP contribution is 2.38. The van der Waals surface area contributed by atoms with Gasteiger partial charge in [0.25, 0.3) is 0 Å². The molecule has 0 heterocycles. The maximum Gasteiger partial charge on any atom is 0.201 e. The van der Waals surface area contributed by atoms with Gasteiger partial charge in [0, 0.05) is 5.39 Å². The number of hydrogen-bond acceptors (Lipinski definition) is 1. The summed E-state index contributed by atoms with van der Waals surface area (Å²) in [5, 5.41) is 1.02. The first kappa shape index (κ1) is 17.9. The number of methoxy groups -OCH3 is 1. The number of allylic oxidation sites excluding steroid dienone is 2. The third kappa shape index (κ3) is 3.86. The van der Waals surface area contributed by atoms with E-state index in [1.54, 1.807) is 6.07 Å². The van der Waals surface area contributed by atoms with Crippen molar-refractivity contribution < 1.29 is 13.5 Å². The Morgan fingerprint density at radius 3 is 2.52 bits per heavy atom. The third-order valence-corrected chi connectivity index (χ3v) is 5.34. The van der Waals surface area contributed by atoms with Gasteiger partial charge >= 0.3 is 0 Å². The average molecular weight is 344 g/mol. The fourth-order valence-electron chi connectivity index (χ4n) is 3.82. The van der Waals surface area contributed by atoms with Crippen molar-refractivity contribution in [1.82, 2.24) is 0 Å². The van der Waals surface area contributed by atoms with Crippen LogP contribution in [0.1, 0.15) is 56.9 Å². The van der Waals surface area contributed by atoms with Crippen LogP contribution < -0.4 is 4.74 Å². The van der Waals surface area contributed by atoms with Crippen molar-refractivity contribution in [2.24, 2.45) is 5.92 Å². The van der Waals surface area contributed by atoms with E-state index in [0.717, 1.165) is 24.8 Å². The van der Waals surface area contributed by atoms with Gasteiger partial charge in [0.15, 0.2) is 11.6 Å². The summed E-state index contributed by atoms with van der Waals surface area (Å²) in [4.78, 5) is 0. The van der Waals surface area contributed by atoms with Gasteiger partial charge in [-0.05, 0) is 67.0 Å². The largest absolute Gasteiger partial charge is 0.494 e. The fraction of sp³-hybridized carbons (Fsp3) is 0.455. The van der Waals surface area contributed by atoms with Gasteiger partial charge in [0.05, 0.1) is 7.11 Å². The highest BCUT2D eigenvalue weighted by atomic mass is 19.2. The highest BCUT2D eigenvalue weighted by Gasteiger charge is 2.22. The van der Waals surface area contributed by atoms with Crippen LogP contribution in [0.3, 0.4) is 0 Å². The summed E-state index contributed by atoms with van der Waals surface area (Å²) in [5.41, 5.74) is 1.12.